The third-order valence-electron chi connectivity index (χ3n) is 5.86. The van der Waals surface area contributed by atoms with Crippen LogP contribution in [0.25, 0.3) is 0 Å². The summed E-state index contributed by atoms with van der Waals surface area (Å²) in [4.78, 5) is 27.8. The molecule has 0 saturated carbocycles. The van der Waals surface area contributed by atoms with E-state index >= 15 is 0 Å². The monoisotopic (exact) mass is 393 g/mol. The molecule has 2 aromatic rings. The van der Waals surface area contributed by atoms with Crippen molar-refractivity contribution < 1.29 is 9.59 Å². The molecule has 3 rings (SSSR count). The molecule has 29 heavy (non-hydrogen) atoms. The summed E-state index contributed by atoms with van der Waals surface area (Å²) in [6, 6.07) is 16.8. The number of carbonyl (C=O) groups is 2. The van der Waals surface area contributed by atoms with Crippen molar-refractivity contribution in [3.8, 4) is 0 Å². The third kappa shape index (κ3) is 5.24. The maximum atomic E-state index is 13.1. The molecule has 1 fully saturated rings. The number of nitrogens with two attached hydrogens (primary N) is 1. The van der Waals surface area contributed by atoms with Gasteiger partial charge in [0.15, 0.2) is 0 Å². The van der Waals surface area contributed by atoms with Crippen molar-refractivity contribution in [3.63, 3.8) is 0 Å². The summed E-state index contributed by atoms with van der Waals surface area (Å²) in [5, 5.41) is 3.06. The van der Waals surface area contributed by atoms with Gasteiger partial charge in [0.2, 0.25) is 5.91 Å². The van der Waals surface area contributed by atoms with Crippen LogP contribution in [0.5, 0.6) is 0 Å². The lowest BCUT2D eigenvalue weighted by Gasteiger charge is -2.43. The fraction of sp³-hybridized carbons (Fsp3) is 0.417. The van der Waals surface area contributed by atoms with E-state index in [-0.39, 0.29) is 35.7 Å². The van der Waals surface area contributed by atoms with Crippen molar-refractivity contribution in [2.45, 2.75) is 45.7 Å². The molecule has 2 unspecified atom stereocenters. The van der Waals surface area contributed by atoms with E-state index < -0.39 is 0 Å². The molecule has 0 bridgehead atoms. The molecule has 1 saturated heterocycles. The second kappa shape index (κ2) is 8.78. The number of aryl methyl sites for hydroxylation is 1. The van der Waals surface area contributed by atoms with Crippen molar-refractivity contribution >= 4 is 11.8 Å². The predicted molar refractivity (Wildman–Crippen MR) is 115 cm³/mol. The largest absolute Gasteiger partial charge is 0.345 e. The first-order valence-electron chi connectivity index (χ1n) is 10.2. The highest BCUT2D eigenvalue weighted by atomic mass is 16.2. The fourth-order valence-corrected chi connectivity index (χ4v) is 3.77. The van der Waals surface area contributed by atoms with Gasteiger partial charge in [-0.05, 0) is 36.5 Å². The molecule has 1 aliphatic rings. The lowest BCUT2D eigenvalue weighted by atomic mass is 9.79. The van der Waals surface area contributed by atoms with E-state index in [0.29, 0.717) is 18.7 Å². The van der Waals surface area contributed by atoms with E-state index in [1.807, 2.05) is 66.4 Å². The van der Waals surface area contributed by atoms with Crippen molar-refractivity contribution in [1.82, 2.24) is 10.2 Å². The minimum Gasteiger partial charge on any atom is -0.345 e. The topological polar surface area (TPSA) is 75.4 Å². The molecule has 2 aromatic carbocycles. The van der Waals surface area contributed by atoms with Gasteiger partial charge in [0.05, 0.1) is 12.5 Å². The van der Waals surface area contributed by atoms with E-state index in [4.69, 9.17) is 5.73 Å². The van der Waals surface area contributed by atoms with Crippen LogP contribution in [-0.4, -0.2) is 35.8 Å². The molecular weight excluding hydrogens is 362 g/mol. The predicted octanol–water partition coefficient (Wildman–Crippen LogP) is 3.44. The number of benzene rings is 2. The Labute approximate surface area is 173 Å². The number of nitrogens with one attached hydrogen (secondary N) is 1. The maximum Gasteiger partial charge on any atom is 0.251 e. The average Bonchev–Trinajstić information content (AvgIpc) is 2.70. The van der Waals surface area contributed by atoms with Crippen LogP contribution in [0.3, 0.4) is 0 Å². The van der Waals surface area contributed by atoms with E-state index in [1.54, 1.807) is 0 Å². The van der Waals surface area contributed by atoms with Crippen LogP contribution in [0.1, 0.15) is 54.2 Å². The first-order valence-corrected chi connectivity index (χ1v) is 10.2. The van der Waals surface area contributed by atoms with Crippen molar-refractivity contribution in [1.29, 1.82) is 0 Å². The number of nitrogens with zero attached hydrogens (tertiary/aromatic N) is 1. The van der Waals surface area contributed by atoms with Crippen LogP contribution in [0.4, 0.5) is 0 Å². The van der Waals surface area contributed by atoms with Gasteiger partial charge in [-0.25, -0.2) is 0 Å². The van der Waals surface area contributed by atoms with Crippen molar-refractivity contribution in [2.75, 3.05) is 13.1 Å². The van der Waals surface area contributed by atoms with E-state index in [9.17, 15) is 9.59 Å². The molecule has 5 heteroatoms. The first-order chi connectivity index (χ1) is 13.8. The number of hydrogen-bond donors (Lipinski definition) is 2. The molecule has 0 aliphatic carbocycles. The number of amides is 2. The Morgan fingerprint density at radius 1 is 1.14 bits per heavy atom. The van der Waals surface area contributed by atoms with Gasteiger partial charge in [-0.15, -0.1) is 0 Å². The molecule has 0 radical (unpaired) electrons. The second-order valence-corrected chi connectivity index (χ2v) is 8.71. The van der Waals surface area contributed by atoms with Crippen LogP contribution in [0.2, 0.25) is 0 Å². The Morgan fingerprint density at radius 2 is 1.79 bits per heavy atom. The second-order valence-electron chi connectivity index (χ2n) is 8.71. The fourth-order valence-electron chi connectivity index (χ4n) is 3.77. The highest BCUT2D eigenvalue weighted by Gasteiger charge is 2.36. The molecule has 3 N–H and O–H groups in total. The minimum atomic E-state index is -0.379. The van der Waals surface area contributed by atoms with Crippen LogP contribution in [-0.2, 0) is 4.79 Å². The van der Waals surface area contributed by atoms with Crippen molar-refractivity contribution in [2.24, 2.45) is 11.1 Å². The van der Waals surface area contributed by atoms with Crippen LogP contribution < -0.4 is 11.1 Å². The molecule has 5 nitrogen and oxygen atoms in total. The van der Waals surface area contributed by atoms with Crippen LogP contribution >= 0.6 is 0 Å². The molecule has 0 aromatic heterocycles. The Kier molecular flexibility index (Phi) is 6.38. The van der Waals surface area contributed by atoms with E-state index in [2.05, 4.69) is 19.2 Å². The number of hydrogen-bond acceptors (Lipinski definition) is 3. The lowest BCUT2D eigenvalue weighted by molar-refractivity contribution is -0.135. The van der Waals surface area contributed by atoms with Crippen molar-refractivity contribution in [3.05, 3.63) is 71.3 Å². The molecule has 1 aliphatic heterocycles. The number of likely N-dealkylation sites (tertiary alicyclic amines) is 1. The molecule has 0 spiro atoms. The van der Waals surface area contributed by atoms with Gasteiger partial charge in [0.25, 0.3) is 5.91 Å². The summed E-state index contributed by atoms with van der Waals surface area (Å²) >= 11 is 0. The average molecular weight is 394 g/mol. The Morgan fingerprint density at radius 3 is 2.41 bits per heavy atom. The summed E-state index contributed by atoms with van der Waals surface area (Å²) in [6.45, 7) is 7.49. The van der Waals surface area contributed by atoms with Gasteiger partial charge in [0.1, 0.15) is 0 Å². The van der Waals surface area contributed by atoms with Gasteiger partial charge >= 0.3 is 0 Å². The van der Waals surface area contributed by atoms with Crippen LogP contribution in [0.15, 0.2) is 54.6 Å². The molecule has 2 amide bonds. The van der Waals surface area contributed by atoms with Gasteiger partial charge in [-0.3, -0.25) is 9.59 Å². The summed E-state index contributed by atoms with van der Waals surface area (Å²) in [7, 11) is 0. The Hall–Kier alpha value is -2.66. The van der Waals surface area contributed by atoms with Gasteiger partial charge in [-0.1, -0.05) is 61.9 Å². The SMILES string of the molecule is Cc1ccc(C(=O)NC(CC(=O)N2CCC(N)C(C)(C)C2)c2ccccc2)cc1. The number of carbonyl (C=O) groups excluding carboxylic acids is 2. The zero-order valence-corrected chi connectivity index (χ0v) is 17.5. The highest BCUT2D eigenvalue weighted by molar-refractivity contribution is 5.94. The highest BCUT2D eigenvalue weighted by Crippen LogP contribution is 2.29. The smallest absolute Gasteiger partial charge is 0.251 e. The number of rotatable bonds is 5. The quantitative estimate of drug-likeness (QED) is 0.817. The minimum absolute atomic E-state index is 0.0445. The van der Waals surface area contributed by atoms with E-state index in [1.165, 1.54) is 0 Å². The maximum absolute atomic E-state index is 13.1. The summed E-state index contributed by atoms with van der Waals surface area (Å²) in [5.41, 5.74) is 8.72. The standard InChI is InChI=1S/C24H31N3O2/c1-17-9-11-19(12-10-17)23(29)26-20(18-7-5-4-6-8-18)15-22(28)27-14-13-21(25)24(2,3)16-27/h4-12,20-21H,13-16,25H2,1-3H3,(H,26,29). The Bertz CT molecular complexity index is 846. The molecule has 1 heterocycles. The first kappa shape index (κ1) is 21.1. The Balaban J connectivity index is 1.75. The number of piperidine rings is 1. The van der Waals surface area contributed by atoms with E-state index in [0.717, 1.165) is 17.5 Å². The normalized spacial score (nSPS) is 19.4. The lowest BCUT2D eigenvalue weighted by Crippen LogP contribution is -2.54. The van der Waals surface area contributed by atoms with Crippen LogP contribution in [0, 0.1) is 12.3 Å². The van der Waals surface area contributed by atoms with Gasteiger partial charge < -0.3 is 16.0 Å². The van der Waals surface area contributed by atoms with Gasteiger partial charge in [-0.2, -0.15) is 0 Å². The molecule has 2 atom stereocenters. The summed E-state index contributed by atoms with van der Waals surface area (Å²) in [5.74, 6) is -0.129. The van der Waals surface area contributed by atoms with Gasteiger partial charge in [0, 0.05) is 24.7 Å². The molecular formula is C24H31N3O2. The summed E-state index contributed by atoms with van der Waals surface area (Å²) in [6.07, 6.45) is 1.03. The summed E-state index contributed by atoms with van der Waals surface area (Å²) < 4.78 is 0. The molecule has 154 valence electrons. The zero-order chi connectivity index (χ0) is 21.0. The zero-order valence-electron chi connectivity index (χ0n) is 17.5. The third-order valence-corrected chi connectivity index (χ3v) is 5.86.